The summed E-state index contributed by atoms with van der Waals surface area (Å²) in [6.07, 6.45) is 4.22. The van der Waals surface area contributed by atoms with E-state index in [1.807, 2.05) is 42.5 Å². The van der Waals surface area contributed by atoms with Gasteiger partial charge in [-0.05, 0) is 48.4 Å². The smallest absolute Gasteiger partial charge is 0.115 e. The largest absolute Gasteiger partial charge is 0.245 e. The second-order valence-corrected chi connectivity index (χ2v) is 7.80. The molecule has 1 aliphatic rings. The quantitative estimate of drug-likeness (QED) is 0.547. The number of aromatic nitrogens is 1. The molecule has 136 valence electrons. The molecular weight excluding hydrogens is 362 g/mol. The van der Waals surface area contributed by atoms with Gasteiger partial charge in [0, 0.05) is 17.0 Å². The van der Waals surface area contributed by atoms with Crippen LogP contribution in [0.15, 0.2) is 59.6 Å². The molecule has 0 unspecified atom stereocenters. The number of benzene rings is 2. The van der Waals surface area contributed by atoms with Crippen LogP contribution in [0.1, 0.15) is 40.8 Å². The Kier molecular flexibility index (Phi) is 5.42. The molecule has 0 bridgehead atoms. The molecule has 1 aliphatic carbocycles. The minimum absolute atomic E-state index is 0.623. The van der Waals surface area contributed by atoms with Gasteiger partial charge in [-0.2, -0.15) is 10.5 Å². The number of nitrogens with zero attached hydrogens (tertiary/aromatic N) is 3. The number of hydrogen-bond acceptors (Lipinski definition) is 4. The van der Waals surface area contributed by atoms with E-state index < -0.39 is 0 Å². The highest BCUT2D eigenvalue weighted by atomic mass is 32.2. The molecule has 0 radical (unpaired) electrons. The fraction of sp³-hybridized carbons (Fsp3) is 0.208. The third-order valence-corrected chi connectivity index (χ3v) is 6.14. The molecule has 0 saturated carbocycles. The first-order valence-electron chi connectivity index (χ1n) is 9.44. The van der Waals surface area contributed by atoms with Gasteiger partial charge in [0.05, 0.1) is 17.2 Å². The van der Waals surface area contributed by atoms with Gasteiger partial charge in [-0.1, -0.05) is 48.5 Å². The molecule has 0 fully saturated rings. The lowest BCUT2D eigenvalue weighted by atomic mass is 9.87. The van der Waals surface area contributed by atoms with Crippen LogP contribution in [0.5, 0.6) is 0 Å². The number of aryl methyl sites for hydroxylation is 1. The molecule has 0 saturated heterocycles. The van der Waals surface area contributed by atoms with E-state index in [1.54, 1.807) is 11.8 Å². The fourth-order valence-electron chi connectivity index (χ4n) is 3.75. The zero-order valence-electron chi connectivity index (χ0n) is 15.5. The van der Waals surface area contributed by atoms with Gasteiger partial charge in [0.1, 0.15) is 11.1 Å². The van der Waals surface area contributed by atoms with Crippen molar-refractivity contribution in [2.24, 2.45) is 0 Å². The Hall–Kier alpha value is -3.08. The lowest BCUT2D eigenvalue weighted by molar-refractivity contribution is 0.661. The van der Waals surface area contributed by atoms with Gasteiger partial charge >= 0.3 is 0 Å². The average molecular weight is 382 g/mol. The van der Waals surface area contributed by atoms with Crippen molar-refractivity contribution in [3.8, 4) is 23.3 Å². The summed E-state index contributed by atoms with van der Waals surface area (Å²) in [5.74, 6) is 0.623. The zero-order valence-corrected chi connectivity index (χ0v) is 16.3. The number of hydrogen-bond donors (Lipinski definition) is 0. The zero-order chi connectivity index (χ0) is 19.3. The van der Waals surface area contributed by atoms with Gasteiger partial charge < -0.3 is 0 Å². The van der Waals surface area contributed by atoms with Crippen molar-refractivity contribution in [1.82, 2.24) is 4.98 Å². The Balaban J connectivity index is 1.80. The van der Waals surface area contributed by atoms with E-state index in [9.17, 15) is 10.5 Å². The van der Waals surface area contributed by atoms with Crippen LogP contribution >= 0.6 is 11.8 Å². The van der Waals surface area contributed by atoms with Crippen LogP contribution in [0.2, 0.25) is 0 Å². The molecule has 0 aliphatic heterocycles. The molecule has 0 spiro atoms. The minimum Gasteiger partial charge on any atom is -0.245 e. The minimum atomic E-state index is 0.623. The van der Waals surface area contributed by atoms with Gasteiger partial charge in [0.15, 0.2) is 0 Å². The summed E-state index contributed by atoms with van der Waals surface area (Å²) in [5, 5.41) is 20.1. The van der Waals surface area contributed by atoms with Crippen molar-refractivity contribution in [3.05, 3.63) is 82.5 Å². The highest BCUT2D eigenvalue weighted by Crippen LogP contribution is 2.38. The summed E-state index contributed by atoms with van der Waals surface area (Å²) in [5.41, 5.74) is 6.79. The van der Waals surface area contributed by atoms with Crippen molar-refractivity contribution in [2.45, 2.75) is 36.5 Å². The Morgan fingerprint density at radius 2 is 1.64 bits per heavy atom. The fourth-order valence-corrected chi connectivity index (χ4v) is 4.76. The van der Waals surface area contributed by atoms with Crippen LogP contribution in [0.25, 0.3) is 11.1 Å². The van der Waals surface area contributed by atoms with Crippen molar-refractivity contribution < 1.29 is 0 Å². The van der Waals surface area contributed by atoms with E-state index in [-0.39, 0.29) is 0 Å². The lowest BCUT2D eigenvalue weighted by Gasteiger charge is -2.22. The SMILES string of the molecule is N#Cc1ccccc1CSc1nc2c(c(-c3ccccc3)c1C#N)CCCC2. The lowest BCUT2D eigenvalue weighted by Crippen LogP contribution is -2.10. The number of thioether (sulfide) groups is 1. The standard InChI is InChI=1S/C24H19N3S/c25-14-18-10-4-5-11-19(18)16-28-24-21(15-26)23(17-8-2-1-3-9-17)20-12-6-7-13-22(20)27-24/h1-5,8-11H,6-7,12-13,16H2. The maximum Gasteiger partial charge on any atom is 0.115 e. The van der Waals surface area contributed by atoms with Gasteiger partial charge in [0.2, 0.25) is 0 Å². The summed E-state index contributed by atoms with van der Waals surface area (Å²) in [7, 11) is 0. The topological polar surface area (TPSA) is 60.5 Å². The summed E-state index contributed by atoms with van der Waals surface area (Å²) < 4.78 is 0. The first-order chi connectivity index (χ1) is 13.8. The van der Waals surface area contributed by atoms with Crippen LogP contribution in [-0.2, 0) is 18.6 Å². The van der Waals surface area contributed by atoms with Gasteiger partial charge in [-0.3, -0.25) is 0 Å². The number of nitriles is 2. The van der Waals surface area contributed by atoms with E-state index in [0.29, 0.717) is 16.9 Å². The average Bonchev–Trinajstić information content (AvgIpc) is 2.77. The van der Waals surface area contributed by atoms with Crippen LogP contribution in [0, 0.1) is 22.7 Å². The second kappa shape index (κ2) is 8.30. The molecule has 28 heavy (non-hydrogen) atoms. The molecule has 0 N–H and O–H groups in total. The third-order valence-electron chi connectivity index (χ3n) is 5.12. The van der Waals surface area contributed by atoms with Gasteiger partial charge in [0.25, 0.3) is 0 Å². The second-order valence-electron chi connectivity index (χ2n) is 6.83. The number of pyridine rings is 1. The summed E-state index contributed by atoms with van der Waals surface area (Å²) >= 11 is 1.55. The Morgan fingerprint density at radius 1 is 0.893 bits per heavy atom. The monoisotopic (exact) mass is 381 g/mol. The van der Waals surface area contributed by atoms with Crippen LogP contribution < -0.4 is 0 Å². The van der Waals surface area contributed by atoms with E-state index in [1.165, 1.54) is 5.56 Å². The molecule has 0 amide bonds. The Morgan fingerprint density at radius 3 is 2.43 bits per heavy atom. The van der Waals surface area contributed by atoms with Crippen LogP contribution in [0.4, 0.5) is 0 Å². The Labute approximate surface area is 169 Å². The maximum absolute atomic E-state index is 10.0. The van der Waals surface area contributed by atoms with E-state index in [2.05, 4.69) is 24.3 Å². The molecule has 1 heterocycles. The summed E-state index contributed by atoms with van der Waals surface area (Å²) in [6, 6.07) is 22.5. The van der Waals surface area contributed by atoms with Gasteiger partial charge in [-0.15, -0.1) is 11.8 Å². The maximum atomic E-state index is 10.0. The molecule has 0 atom stereocenters. The molecule has 4 heteroatoms. The number of fused-ring (bicyclic) bond motifs is 1. The highest BCUT2D eigenvalue weighted by Gasteiger charge is 2.23. The molecular formula is C24H19N3S. The molecule has 3 nitrogen and oxygen atoms in total. The summed E-state index contributed by atoms with van der Waals surface area (Å²) in [4.78, 5) is 4.90. The Bertz CT molecular complexity index is 1090. The van der Waals surface area contributed by atoms with E-state index >= 15 is 0 Å². The predicted molar refractivity (Wildman–Crippen MR) is 112 cm³/mol. The normalized spacial score (nSPS) is 12.6. The molecule has 2 aromatic carbocycles. The third kappa shape index (κ3) is 3.52. The van der Waals surface area contributed by atoms with Crippen molar-refractivity contribution in [3.63, 3.8) is 0 Å². The van der Waals surface area contributed by atoms with Crippen LogP contribution in [0.3, 0.4) is 0 Å². The number of rotatable bonds is 4. The molecule has 4 rings (SSSR count). The first-order valence-corrected chi connectivity index (χ1v) is 10.4. The van der Waals surface area contributed by atoms with Crippen LogP contribution in [-0.4, -0.2) is 4.98 Å². The first kappa shape index (κ1) is 18.3. The van der Waals surface area contributed by atoms with Crippen molar-refractivity contribution in [1.29, 1.82) is 10.5 Å². The molecule has 3 aromatic rings. The highest BCUT2D eigenvalue weighted by molar-refractivity contribution is 7.98. The van der Waals surface area contributed by atoms with Crippen molar-refractivity contribution in [2.75, 3.05) is 0 Å². The summed E-state index contributed by atoms with van der Waals surface area (Å²) in [6.45, 7) is 0. The van der Waals surface area contributed by atoms with Crippen molar-refractivity contribution >= 4 is 11.8 Å². The predicted octanol–water partition coefficient (Wildman–Crippen LogP) is 5.66. The van der Waals surface area contributed by atoms with E-state index in [0.717, 1.165) is 53.1 Å². The van der Waals surface area contributed by atoms with Gasteiger partial charge in [-0.25, -0.2) is 4.98 Å². The molecule has 1 aromatic heterocycles. The van der Waals surface area contributed by atoms with E-state index in [4.69, 9.17) is 4.98 Å².